The van der Waals surface area contributed by atoms with Crippen molar-refractivity contribution in [3.05, 3.63) is 188 Å². The highest BCUT2D eigenvalue weighted by atomic mass is 16.3. The molecule has 0 aliphatic heterocycles. The van der Waals surface area contributed by atoms with Crippen LogP contribution in [0, 0.1) is 0 Å². The smallest absolute Gasteiger partial charge is 0.143 e. The van der Waals surface area contributed by atoms with Crippen molar-refractivity contribution in [3.8, 4) is 33.4 Å². The highest BCUT2D eigenvalue weighted by molar-refractivity contribution is 6.13. The Kier molecular flexibility index (Phi) is 6.81. The van der Waals surface area contributed by atoms with E-state index in [2.05, 4.69) is 169 Å². The standard InChI is InChI=1S/C48H31NO2/c1-2-13-32(14-3-1)37-17-4-5-18-38(37)34-15-10-16-36(31-34)49(43-23-12-26-46-47(43)42-20-7-9-25-45(42)50-46)35-29-27-33(28-30-35)39-21-11-22-41-40-19-6-8-24-44(40)51-48(39)41/h1-31H. The van der Waals surface area contributed by atoms with E-state index < -0.39 is 0 Å². The third-order valence-corrected chi connectivity index (χ3v) is 9.89. The van der Waals surface area contributed by atoms with Gasteiger partial charge < -0.3 is 13.7 Å². The van der Waals surface area contributed by atoms with Crippen LogP contribution in [0.2, 0.25) is 0 Å². The zero-order valence-electron chi connectivity index (χ0n) is 27.7. The molecule has 3 nitrogen and oxygen atoms in total. The minimum Gasteiger partial charge on any atom is -0.456 e. The first-order valence-corrected chi connectivity index (χ1v) is 17.3. The van der Waals surface area contributed by atoms with Gasteiger partial charge in [-0.2, -0.15) is 0 Å². The van der Waals surface area contributed by atoms with Gasteiger partial charge in [0.15, 0.2) is 0 Å². The number of hydrogen-bond acceptors (Lipinski definition) is 3. The van der Waals surface area contributed by atoms with E-state index in [1.165, 1.54) is 16.7 Å². The summed E-state index contributed by atoms with van der Waals surface area (Å²) in [5, 5.41) is 4.43. The van der Waals surface area contributed by atoms with Crippen molar-refractivity contribution in [2.75, 3.05) is 4.90 Å². The van der Waals surface area contributed by atoms with Gasteiger partial charge in [0.25, 0.3) is 0 Å². The molecule has 0 N–H and O–H groups in total. The summed E-state index contributed by atoms with van der Waals surface area (Å²) >= 11 is 0. The molecule has 0 saturated carbocycles. The number of fused-ring (bicyclic) bond motifs is 6. The van der Waals surface area contributed by atoms with Gasteiger partial charge in [0.05, 0.1) is 11.1 Å². The molecule has 10 aromatic rings. The van der Waals surface area contributed by atoms with Gasteiger partial charge in [0, 0.05) is 33.1 Å². The molecule has 0 fully saturated rings. The molecule has 2 aromatic heterocycles. The molecule has 0 aliphatic rings. The van der Waals surface area contributed by atoms with Gasteiger partial charge in [-0.05, 0) is 76.3 Å². The Bertz CT molecular complexity index is 2860. The predicted octanol–water partition coefficient (Wildman–Crippen LogP) is 14.0. The number of furan rings is 2. The largest absolute Gasteiger partial charge is 0.456 e. The molecule has 0 atom stereocenters. The van der Waals surface area contributed by atoms with Gasteiger partial charge in [-0.25, -0.2) is 0 Å². The minimum atomic E-state index is 0.859. The summed E-state index contributed by atoms with van der Waals surface area (Å²) in [5.41, 5.74) is 13.6. The number of benzene rings is 8. The van der Waals surface area contributed by atoms with E-state index in [0.29, 0.717) is 0 Å². The second-order valence-electron chi connectivity index (χ2n) is 12.9. The summed E-state index contributed by atoms with van der Waals surface area (Å²) < 4.78 is 12.8. The average Bonchev–Trinajstić information content (AvgIpc) is 3.78. The summed E-state index contributed by atoms with van der Waals surface area (Å²) in [6.07, 6.45) is 0. The summed E-state index contributed by atoms with van der Waals surface area (Å²) in [5.74, 6) is 0. The van der Waals surface area contributed by atoms with Crippen molar-refractivity contribution in [2.24, 2.45) is 0 Å². The highest BCUT2D eigenvalue weighted by Crippen LogP contribution is 2.45. The van der Waals surface area contributed by atoms with Crippen molar-refractivity contribution in [3.63, 3.8) is 0 Å². The zero-order chi connectivity index (χ0) is 33.7. The average molecular weight is 654 g/mol. The number of rotatable bonds is 6. The van der Waals surface area contributed by atoms with Gasteiger partial charge in [0.2, 0.25) is 0 Å². The molecular formula is C48H31NO2. The van der Waals surface area contributed by atoms with E-state index in [1.807, 2.05) is 24.3 Å². The summed E-state index contributed by atoms with van der Waals surface area (Å²) in [4.78, 5) is 2.35. The Hall–Kier alpha value is -6.84. The SMILES string of the molecule is c1ccc(-c2ccccc2-c2cccc(N(c3ccc(-c4cccc5c4oc4ccccc45)cc3)c3cccc4oc5ccccc5c34)c2)cc1. The van der Waals surface area contributed by atoms with Gasteiger partial charge in [-0.3, -0.25) is 0 Å². The second-order valence-corrected chi connectivity index (χ2v) is 12.9. The van der Waals surface area contributed by atoms with Crippen molar-refractivity contribution in [1.82, 2.24) is 0 Å². The molecule has 0 amide bonds. The Morgan fingerprint density at radius 1 is 0.333 bits per heavy atom. The minimum absolute atomic E-state index is 0.859. The van der Waals surface area contributed by atoms with Crippen molar-refractivity contribution >= 4 is 60.9 Å². The van der Waals surface area contributed by atoms with E-state index in [-0.39, 0.29) is 0 Å². The first-order valence-electron chi connectivity index (χ1n) is 17.3. The topological polar surface area (TPSA) is 29.5 Å². The van der Waals surface area contributed by atoms with Crippen LogP contribution in [0.15, 0.2) is 197 Å². The van der Waals surface area contributed by atoms with Crippen LogP contribution in [0.4, 0.5) is 17.1 Å². The molecule has 51 heavy (non-hydrogen) atoms. The molecule has 240 valence electrons. The molecule has 8 aromatic carbocycles. The van der Waals surface area contributed by atoms with Crippen LogP contribution in [0.1, 0.15) is 0 Å². The quantitative estimate of drug-likeness (QED) is 0.179. The third-order valence-electron chi connectivity index (χ3n) is 9.89. The summed E-state index contributed by atoms with van der Waals surface area (Å²) in [6.45, 7) is 0. The van der Waals surface area contributed by atoms with Crippen LogP contribution >= 0.6 is 0 Å². The molecule has 0 aliphatic carbocycles. The number of anilines is 3. The van der Waals surface area contributed by atoms with Gasteiger partial charge in [-0.1, -0.05) is 140 Å². The number of para-hydroxylation sites is 3. The van der Waals surface area contributed by atoms with Gasteiger partial charge in [0.1, 0.15) is 22.3 Å². The number of hydrogen-bond donors (Lipinski definition) is 0. The molecule has 10 rings (SSSR count). The summed E-state index contributed by atoms with van der Waals surface area (Å²) in [6, 6.07) is 66.2. The fourth-order valence-electron chi connectivity index (χ4n) is 7.55. The zero-order valence-corrected chi connectivity index (χ0v) is 27.7. The van der Waals surface area contributed by atoms with Crippen LogP contribution in [0.3, 0.4) is 0 Å². The number of nitrogens with zero attached hydrogens (tertiary/aromatic N) is 1. The Labute approximate surface area is 295 Å². The second kappa shape index (κ2) is 11.9. The first kappa shape index (κ1) is 29.1. The maximum atomic E-state index is 6.41. The van der Waals surface area contributed by atoms with Gasteiger partial charge >= 0.3 is 0 Å². The molecule has 0 saturated heterocycles. The maximum Gasteiger partial charge on any atom is 0.143 e. The van der Waals surface area contributed by atoms with Crippen molar-refractivity contribution in [1.29, 1.82) is 0 Å². The molecule has 3 heteroatoms. The predicted molar refractivity (Wildman–Crippen MR) is 212 cm³/mol. The Morgan fingerprint density at radius 3 is 1.73 bits per heavy atom. The fraction of sp³-hybridized carbons (Fsp3) is 0. The lowest BCUT2D eigenvalue weighted by atomic mass is 9.94. The van der Waals surface area contributed by atoms with Crippen LogP contribution in [-0.4, -0.2) is 0 Å². The molecular weight excluding hydrogens is 623 g/mol. The van der Waals surface area contributed by atoms with Crippen LogP contribution in [0.25, 0.3) is 77.3 Å². The lowest BCUT2D eigenvalue weighted by molar-refractivity contribution is 0.669. The van der Waals surface area contributed by atoms with E-state index in [4.69, 9.17) is 8.83 Å². The monoisotopic (exact) mass is 653 g/mol. The van der Waals surface area contributed by atoms with Crippen LogP contribution in [-0.2, 0) is 0 Å². The van der Waals surface area contributed by atoms with Gasteiger partial charge in [-0.15, -0.1) is 0 Å². The summed E-state index contributed by atoms with van der Waals surface area (Å²) in [7, 11) is 0. The van der Waals surface area contributed by atoms with Crippen molar-refractivity contribution < 1.29 is 8.83 Å². The first-order chi connectivity index (χ1) is 25.3. The molecule has 0 spiro atoms. The fourth-order valence-corrected chi connectivity index (χ4v) is 7.55. The van der Waals surface area contributed by atoms with E-state index >= 15 is 0 Å². The van der Waals surface area contributed by atoms with E-state index in [0.717, 1.165) is 77.6 Å². The third kappa shape index (κ3) is 4.90. The Balaban J connectivity index is 1.15. The lowest BCUT2D eigenvalue weighted by Gasteiger charge is -2.27. The Morgan fingerprint density at radius 2 is 0.902 bits per heavy atom. The maximum absolute atomic E-state index is 6.41. The molecule has 0 radical (unpaired) electrons. The van der Waals surface area contributed by atoms with Crippen LogP contribution < -0.4 is 4.90 Å². The van der Waals surface area contributed by atoms with E-state index in [1.54, 1.807) is 0 Å². The lowest BCUT2D eigenvalue weighted by Crippen LogP contribution is -2.10. The van der Waals surface area contributed by atoms with E-state index in [9.17, 15) is 0 Å². The van der Waals surface area contributed by atoms with Crippen LogP contribution in [0.5, 0.6) is 0 Å². The molecule has 0 bridgehead atoms. The molecule has 2 heterocycles. The van der Waals surface area contributed by atoms with Crippen molar-refractivity contribution in [2.45, 2.75) is 0 Å². The molecule has 0 unspecified atom stereocenters. The normalized spacial score (nSPS) is 11.5. The highest BCUT2D eigenvalue weighted by Gasteiger charge is 2.21.